The minimum atomic E-state index is -0.356. The van der Waals surface area contributed by atoms with Crippen LogP contribution >= 0.6 is 0 Å². The summed E-state index contributed by atoms with van der Waals surface area (Å²) in [6.45, 7) is 2.81. The fourth-order valence-corrected chi connectivity index (χ4v) is 3.16. The minimum Gasteiger partial charge on any atom is -0.369 e. The maximum Gasteiger partial charge on any atom is 0.231 e. The van der Waals surface area contributed by atoms with Gasteiger partial charge in [-0.25, -0.2) is 0 Å². The van der Waals surface area contributed by atoms with Crippen molar-refractivity contribution < 1.29 is 4.79 Å². The predicted octanol–water partition coefficient (Wildman–Crippen LogP) is 2.86. The molecule has 2 heterocycles. The molecule has 0 saturated carbocycles. The number of rotatable bonds is 7. The van der Waals surface area contributed by atoms with Gasteiger partial charge in [0.2, 0.25) is 5.91 Å². The average Bonchev–Trinajstić information content (AvgIpc) is 2.63. The van der Waals surface area contributed by atoms with E-state index in [1.54, 1.807) is 24.8 Å². The third kappa shape index (κ3) is 4.52. The van der Waals surface area contributed by atoms with Crippen molar-refractivity contribution in [3.8, 4) is 0 Å². The highest BCUT2D eigenvalue weighted by Gasteiger charge is 2.24. The summed E-state index contributed by atoms with van der Waals surface area (Å²) in [4.78, 5) is 22.1. The van der Waals surface area contributed by atoms with E-state index in [1.165, 1.54) is 5.56 Å². The van der Waals surface area contributed by atoms with Crippen LogP contribution < -0.4 is 5.73 Å². The molecule has 0 aliphatic heterocycles. The smallest absolute Gasteiger partial charge is 0.231 e. The standard InChI is InChI=1S/C21H22N4O/c1-16-3-2-4-19(13-16)21(18-7-11-24-12-8-18)25(15-20(22)26)14-17-5-9-23-10-6-17/h2-13,21H,14-15H2,1H3,(H2,22,26). The highest BCUT2D eigenvalue weighted by molar-refractivity contribution is 5.76. The number of carbonyl (C=O) groups excluding carboxylic acids is 1. The molecule has 26 heavy (non-hydrogen) atoms. The number of aromatic nitrogens is 2. The van der Waals surface area contributed by atoms with Gasteiger partial charge in [-0.2, -0.15) is 0 Å². The molecule has 5 heteroatoms. The van der Waals surface area contributed by atoms with Gasteiger partial charge in [-0.3, -0.25) is 19.7 Å². The molecule has 0 fully saturated rings. The number of amides is 1. The number of nitrogens with zero attached hydrogens (tertiary/aromatic N) is 3. The Morgan fingerprint density at radius 2 is 1.65 bits per heavy atom. The van der Waals surface area contributed by atoms with Crippen LogP contribution in [-0.2, 0) is 11.3 Å². The third-order valence-electron chi connectivity index (χ3n) is 4.24. The minimum absolute atomic E-state index is 0.0986. The van der Waals surface area contributed by atoms with Gasteiger partial charge in [-0.05, 0) is 47.9 Å². The largest absolute Gasteiger partial charge is 0.369 e. The Labute approximate surface area is 153 Å². The molecule has 0 spiro atoms. The van der Waals surface area contributed by atoms with E-state index in [2.05, 4.69) is 40.0 Å². The molecule has 0 aliphatic rings. The van der Waals surface area contributed by atoms with Crippen LogP contribution in [0, 0.1) is 6.92 Å². The number of pyridine rings is 2. The van der Waals surface area contributed by atoms with Gasteiger partial charge in [0.25, 0.3) is 0 Å². The number of benzene rings is 1. The summed E-state index contributed by atoms with van der Waals surface area (Å²) in [5, 5.41) is 0. The molecule has 1 atom stereocenters. The van der Waals surface area contributed by atoms with Crippen LogP contribution in [-0.4, -0.2) is 27.3 Å². The van der Waals surface area contributed by atoms with E-state index in [-0.39, 0.29) is 18.5 Å². The lowest BCUT2D eigenvalue weighted by molar-refractivity contribution is -0.119. The molecule has 1 amide bonds. The molecule has 2 N–H and O–H groups in total. The highest BCUT2D eigenvalue weighted by atomic mass is 16.1. The van der Waals surface area contributed by atoms with E-state index in [0.717, 1.165) is 16.7 Å². The Balaban J connectivity index is 2.04. The topological polar surface area (TPSA) is 72.1 Å². The van der Waals surface area contributed by atoms with Crippen molar-refractivity contribution in [1.82, 2.24) is 14.9 Å². The first-order valence-electron chi connectivity index (χ1n) is 8.51. The first kappa shape index (κ1) is 17.8. The lowest BCUT2D eigenvalue weighted by atomic mass is 9.96. The summed E-state index contributed by atoms with van der Waals surface area (Å²) in [6.07, 6.45) is 7.05. The lowest BCUT2D eigenvalue weighted by Gasteiger charge is -2.32. The molecule has 0 bridgehead atoms. The van der Waals surface area contributed by atoms with E-state index in [9.17, 15) is 4.79 Å². The number of hydrogen-bond acceptors (Lipinski definition) is 4. The van der Waals surface area contributed by atoms with Crippen molar-refractivity contribution >= 4 is 5.91 Å². The monoisotopic (exact) mass is 346 g/mol. The number of nitrogens with two attached hydrogens (primary N) is 1. The molecule has 0 saturated heterocycles. The second-order valence-electron chi connectivity index (χ2n) is 6.32. The van der Waals surface area contributed by atoms with Crippen molar-refractivity contribution in [1.29, 1.82) is 0 Å². The average molecular weight is 346 g/mol. The first-order valence-corrected chi connectivity index (χ1v) is 8.51. The molecule has 132 valence electrons. The van der Waals surface area contributed by atoms with Crippen molar-refractivity contribution in [2.75, 3.05) is 6.54 Å². The molecule has 1 aromatic carbocycles. The molecule has 2 aromatic heterocycles. The van der Waals surface area contributed by atoms with Crippen molar-refractivity contribution in [3.63, 3.8) is 0 Å². The van der Waals surface area contributed by atoms with Gasteiger partial charge in [0, 0.05) is 31.3 Å². The van der Waals surface area contributed by atoms with Gasteiger partial charge in [0.15, 0.2) is 0 Å². The summed E-state index contributed by atoms with van der Waals surface area (Å²) in [6, 6.07) is 16.1. The van der Waals surface area contributed by atoms with Crippen LogP contribution in [0.1, 0.15) is 28.3 Å². The summed E-state index contributed by atoms with van der Waals surface area (Å²) < 4.78 is 0. The van der Waals surface area contributed by atoms with E-state index in [1.807, 2.05) is 30.3 Å². The van der Waals surface area contributed by atoms with E-state index in [4.69, 9.17) is 5.73 Å². The second-order valence-corrected chi connectivity index (χ2v) is 6.32. The van der Waals surface area contributed by atoms with Gasteiger partial charge in [0.05, 0.1) is 12.6 Å². The molecule has 5 nitrogen and oxygen atoms in total. The third-order valence-corrected chi connectivity index (χ3v) is 4.24. The molecule has 1 unspecified atom stereocenters. The molecule has 3 rings (SSSR count). The maximum atomic E-state index is 11.8. The Kier molecular flexibility index (Phi) is 5.71. The van der Waals surface area contributed by atoms with E-state index in [0.29, 0.717) is 6.54 Å². The van der Waals surface area contributed by atoms with Gasteiger partial charge in [-0.1, -0.05) is 29.8 Å². The summed E-state index contributed by atoms with van der Waals surface area (Å²) in [5.74, 6) is -0.356. The van der Waals surface area contributed by atoms with Crippen molar-refractivity contribution in [2.24, 2.45) is 5.73 Å². The van der Waals surface area contributed by atoms with Gasteiger partial charge in [0.1, 0.15) is 0 Å². The SMILES string of the molecule is Cc1cccc(C(c2ccncc2)N(CC(N)=O)Cc2ccncc2)c1. The Morgan fingerprint density at radius 1 is 1.00 bits per heavy atom. The molecule has 0 radical (unpaired) electrons. The van der Waals surface area contributed by atoms with Gasteiger partial charge in [-0.15, -0.1) is 0 Å². The second kappa shape index (κ2) is 8.36. The van der Waals surface area contributed by atoms with Crippen LogP contribution in [0.2, 0.25) is 0 Å². The van der Waals surface area contributed by atoms with Crippen LogP contribution in [0.3, 0.4) is 0 Å². The quantitative estimate of drug-likeness (QED) is 0.714. The Morgan fingerprint density at radius 3 is 2.27 bits per heavy atom. The van der Waals surface area contributed by atoms with Crippen LogP contribution in [0.15, 0.2) is 73.3 Å². The predicted molar refractivity (Wildman–Crippen MR) is 101 cm³/mol. The lowest BCUT2D eigenvalue weighted by Crippen LogP contribution is -2.37. The zero-order valence-corrected chi connectivity index (χ0v) is 14.7. The summed E-state index contributed by atoms with van der Waals surface area (Å²) in [5.41, 5.74) is 10.0. The number of primary amides is 1. The van der Waals surface area contributed by atoms with Gasteiger partial charge >= 0.3 is 0 Å². The number of carbonyl (C=O) groups is 1. The van der Waals surface area contributed by atoms with Crippen LogP contribution in [0.5, 0.6) is 0 Å². The molecular formula is C21H22N4O. The Hall–Kier alpha value is -3.05. The van der Waals surface area contributed by atoms with E-state index < -0.39 is 0 Å². The fraction of sp³-hybridized carbons (Fsp3) is 0.190. The normalized spacial score (nSPS) is 12.1. The zero-order chi connectivity index (χ0) is 18.4. The zero-order valence-electron chi connectivity index (χ0n) is 14.7. The first-order chi connectivity index (χ1) is 12.6. The van der Waals surface area contributed by atoms with E-state index >= 15 is 0 Å². The van der Waals surface area contributed by atoms with Crippen LogP contribution in [0.4, 0.5) is 0 Å². The van der Waals surface area contributed by atoms with Crippen molar-refractivity contribution in [3.05, 3.63) is 95.6 Å². The molecule has 0 aliphatic carbocycles. The molecule has 3 aromatic rings. The van der Waals surface area contributed by atoms with Gasteiger partial charge < -0.3 is 5.73 Å². The maximum absolute atomic E-state index is 11.8. The fourth-order valence-electron chi connectivity index (χ4n) is 3.16. The Bertz CT molecular complexity index is 852. The van der Waals surface area contributed by atoms with Crippen LogP contribution in [0.25, 0.3) is 0 Å². The van der Waals surface area contributed by atoms with Crippen molar-refractivity contribution in [2.45, 2.75) is 19.5 Å². The molecular weight excluding hydrogens is 324 g/mol. The summed E-state index contributed by atoms with van der Waals surface area (Å²) >= 11 is 0. The number of aryl methyl sites for hydroxylation is 1. The highest BCUT2D eigenvalue weighted by Crippen LogP contribution is 2.30. The number of hydrogen-bond donors (Lipinski definition) is 1. The summed E-state index contributed by atoms with van der Waals surface area (Å²) in [7, 11) is 0.